The van der Waals surface area contributed by atoms with E-state index in [0.29, 0.717) is 18.3 Å². The lowest BCUT2D eigenvalue weighted by Crippen LogP contribution is -2.25. The van der Waals surface area contributed by atoms with E-state index >= 15 is 0 Å². The molecule has 1 aliphatic rings. The van der Waals surface area contributed by atoms with Gasteiger partial charge >= 0.3 is 0 Å². The van der Waals surface area contributed by atoms with Gasteiger partial charge in [0, 0.05) is 18.0 Å². The monoisotopic (exact) mass is 299 g/mol. The Labute approximate surface area is 130 Å². The van der Waals surface area contributed by atoms with Gasteiger partial charge in [-0.05, 0) is 24.3 Å². The topological polar surface area (TPSA) is 68.0 Å². The molecule has 0 saturated heterocycles. The number of hydrogen-bond donors (Lipinski definition) is 1. The number of carbonyl (C=O) groups excluding carboxylic acids is 1. The number of amides is 1. The molecule has 5 heteroatoms. The van der Waals surface area contributed by atoms with Crippen LogP contribution in [-0.4, -0.2) is 16.0 Å². The molecule has 0 spiro atoms. The highest BCUT2D eigenvalue weighted by atomic mass is 16.5. The van der Waals surface area contributed by atoms with Crippen LogP contribution in [0.2, 0.25) is 0 Å². The summed E-state index contributed by atoms with van der Waals surface area (Å²) < 4.78 is 4.73. The van der Waals surface area contributed by atoms with Gasteiger partial charge in [0.2, 0.25) is 18.1 Å². The Morgan fingerprint density at radius 1 is 1.36 bits per heavy atom. The maximum atomic E-state index is 12.1. The SMILES string of the molecule is CCCC[C@@H]1C[C@@H]1C(=O)NCc1ccc(-c2ncon2)cc1. The van der Waals surface area contributed by atoms with Crippen LogP contribution in [0.4, 0.5) is 0 Å². The Kier molecular flexibility index (Phi) is 4.51. The summed E-state index contributed by atoms with van der Waals surface area (Å²) in [4.78, 5) is 16.1. The van der Waals surface area contributed by atoms with Gasteiger partial charge in [0.05, 0.1) is 0 Å². The van der Waals surface area contributed by atoms with Crippen molar-refractivity contribution in [1.29, 1.82) is 0 Å². The first-order valence-corrected chi connectivity index (χ1v) is 7.91. The molecule has 116 valence electrons. The molecule has 1 aliphatic carbocycles. The van der Waals surface area contributed by atoms with Crippen molar-refractivity contribution in [3.8, 4) is 11.4 Å². The van der Waals surface area contributed by atoms with Crippen LogP contribution >= 0.6 is 0 Å². The molecule has 22 heavy (non-hydrogen) atoms. The lowest BCUT2D eigenvalue weighted by Gasteiger charge is -2.05. The van der Waals surface area contributed by atoms with E-state index in [1.807, 2.05) is 24.3 Å². The molecule has 1 fully saturated rings. The fraction of sp³-hybridized carbons (Fsp3) is 0.471. The van der Waals surface area contributed by atoms with Crippen LogP contribution in [0.1, 0.15) is 38.2 Å². The summed E-state index contributed by atoms with van der Waals surface area (Å²) in [5.41, 5.74) is 1.98. The van der Waals surface area contributed by atoms with Gasteiger partial charge in [0.1, 0.15) is 0 Å². The number of rotatable bonds is 7. The van der Waals surface area contributed by atoms with Crippen molar-refractivity contribution in [3.63, 3.8) is 0 Å². The van der Waals surface area contributed by atoms with E-state index in [1.54, 1.807) is 0 Å². The van der Waals surface area contributed by atoms with Crippen molar-refractivity contribution in [2.24, 2.45) is 11.8 Å². The van der Waals surface area contributed by atoms with Gasteiger partial charge in [0.25, 0.3) is 0 Å². The fourth-order valence-corrected chi connectivity index (χ4v) is 2.74. The molecule has 5 nitrogen and oxygen atoms in total. The van der Waals surface area contributed by atoms with Crippen LogP contribution in [-0.2, 0) is 11.3 Å². The van der Waals surface area contributed by atoms with Gasteiger partial charge in [-0.25, -0.2) is 0 Å². The maximum absolute atomic E-state index is 12.1. The normalized spacial score (nSPS) is 19.9. The van der Waals surface area contributed by atoms with Crippen LogP contribution in [0.3, 0.4) is 0 Å². The summed E-state index contributed by atoms with van der Waals surface area (Å²) in [5, 5.41) is 6.83. The molecule has 0 aliphatic heterocycles. The molecular weight excluding hydrogens is 278 g/mol. The smallest absolute Gasteiger partial charge is 0.223 e. The Balaban J connectivity index is 1.47. The maximum Gasteiger partial charge on any atom is 0.223 e. The molecule has 0 unspecified atom stereocenters. The van der Waals surface area contributed by atoms with Gasteiger partial charge < -0.3 is 9.84 Å². The van der Waals surface area contributed by atoms with E-state index in [0.717, 1.165) is 17.5 Å². The largest absolute Gasteiger partial charge is 0.352 e. The zero-order valence-electron chi connectivity index (χ0n) is 12.8. The number of unbranched alkanes of at least 4 members (excludes halogenated alkanes) is 1. The third kappa shape index (κ3) is 3.53. The van der Waals surface area contributed by atoms with Crippen molar-refractivity contribution in [1.82, 2.24) is 15.5 Å². The van der Waals surface area contributed by atoms with Gasteiger partial charge in [-0.1, -0.05) is 49.2 Å². The van der Waals surface area contributed by atoms with E-state index in [1.165, 1.54) is 25.7 Å². The molecule has 1 heterocycles. The lowest BCUT2D eigenvalue weighted by atomic mass is 10.1. The molecule has 1 amide bonds. The third-order valence-corrected chi connectivity index (χ3v) is 4.23. The zero-order valence-corrected chi connectivity index (χ0v) is 12.8. The second-order valence-corrected chi connectivity index (χ2v) is 5.91. The summed E-state index contributed by atoms with van der Waals surface area (Å²) in [6, 6.07) is 7.84. The van der Waals surface area contributed by atoms with Crippen LogP contribution in [0.25, 0.3) is 11.4 Å². The van der Waals surface area contributed by atoms with Crippen LogP contribution < -0.4 is 5.32 Å². The summed E-state index contributed by atoms with van der Waals surface area (Å²) in [6.45, 7) is 2.76. The Morgan fingerprint density at radius 3 is 2.86 bits per heavy atom. The fourth-order valence-electron chi connectivity index (χ4n) is 2.74. The number of benzene rings is 1. The number of nitrogens with zero attached hydrogens (tertiary/aromatic N) is 2. The molecule has 0 radical (unpaired) electrons. The molecular formula is C17H21N3O2. The molecule has 3 rings (SSSR count). The summed E-state index contributed by atoms with van der Waals surface area (Å²) >= 11 is 0. The molecule has 1 aromatic heterocycles. The predicted octanol–water partition coefficient (Wildman–Crippen LogP) is 3.18. The van der Waals surface area contributed by atoms with Crippen LogP contribution in [0.15, 0.2) is 35.2 Å². The number of aromatic nitrogens is 2. The van der Waals surface area contributed by atoms with E-state index in [2.05, 4.69) is 22.4 Å². The molecule has 1 N–H and O–H groups in total. The van der Waals surface area contributed by atoms with Crippen LogP contribution in [0, 0.1) is 11.8 Å². The second kappa shape index (κ2) is 6.73. The van der Waals surface area contributed by atoms with Gasteiger partial charge in [-0.2, -0.15) is 4.98 Å². The average molecular weight is 299 g/mol. The van der Waals surface area contributed by atoms with Gasteiger partial charge in [-0.3, -0.25) is 4.79 Å². The predicted molar refractivity (Wildman–Crippen MR) is 82.7 cm³/mol. The standard InChI is InChI=1S/C17H21N3O2/c1-2-3-4-14-9-15(14)17(21)18-10-12-5-7-13(8-6-12)16-19-11-22-20-16/h5-8,11,14-15H,2-4,9-10H2,1H3,(H,18,21)/t14-,15+/m1/s1. The molecule has 0 bridgehead atoms. The first kappa shape index (κ1) is 14.8. The van der Waals surface area contributed by atoms with Crippen molar-refractivity contribution in [2.45, 2.75) is 39.2 Å². The van der Waals surface area contributed by atoms with Gasteiger partial charge in [-0.15, -0.1) is 0 Å². The average Bonchev–Trinajstić information content (AvgIpc) is 3.12. The first-order valence-electron chi connectivity index (χ1n) is 7.91. The van der Waals surface area contributed by atoms with Crippen molar-refractivity contribution in [3.05, 3.63) is 36.2 Å². The van der Waals surface area contributed by atoms with E-state index in [4.69, 9.17) is 4.52 Å². The first-order chi connectivity index (χ1) is 10.8. The van der Waals surface area contributed by atoms with Crippen LogP contribution in [0.5, 0.6) is 0 Å². The third-order valence-electron chi connectivity index (χ3n) is 4.23. The zero-order chi connectivity index (χ0) is 15.4. The minimum Gasteiger partial charge on any atom is -0.352 e. The van der Waals surface area contributed by atoms with Crippen molar-refractivity contribution < 1.29 is 9.32 Å². The number of hydrogen-bond acceptors (Lipinski definition) is 4. The molecule has 2 aromatic rings. The van der Waals surface area contributed by atoms with Crippen molar-refractivity contribution in [2.75, 3.05) is 0 Å². The lowest BCUT2D eigenvalue weighted by molar-refractivity contribution is -0.122. The summed E-state index contributed by atoms with van der Waals surface area (Å²) in [6.07, 6.45) is 5.99. The molecule has 2 atom stereocenters. The van der Waals surface area contributed by atoms with Crippen molar-refractivity contribution >= 4 is 5.91 Å². The highest BCUT2D eigenvalue weighted by Crippen LogP contribution is 2.42. The number of nitrogens with one attached hydrogen (secondary N) is 1. The summed E-state index contributed by atoms with van der Waals surface area (Å²) in [5.74, 6) is 1.63. The van der Waals surface area contributed by atoms with Gasteiger partial charge in [0.15, 0.2) is 0 Å². The minimum absolute atomic E-state index is 0.198. The Morgan fingerprint density at radius 2 is 2.18 bits per heavy atom. The minimum atomic E-state index is 0.198. The molecule has 1 aromatic carbocycles. The highest BCUT2D eigenvalue weighted by molar-refractivity contribution is 5.81. The summed E-state index contributed by atoms with van der Waals surface area (Å²) in [7, 11) is 0. The second-order valence-electron chi connectivity index (χ2n) is 5.91. The number of carbonyl (C=O) groups is 1. The molecule has 1 saturated carbocycles. The Bertz CT molecular complexity index is 607. The quantitative estimate of drug-likeness (QED) is 0.852. The highest BCUT2D eigenvalue weighted by Gasteiger charge is 2.41. The van der Waals surface area contributed by atoms with E-state index in [9.17, 15) is 4.79 Å². The van der Waals surface area contributed by atoms with E-state index in [-0.39, 0.29) is 11.8 Å². The Hall–Kier alpha value is -2.17. The van der Waals surface area contributed by atoms with E-state index < -0.39 is 0 Å².